The predicted octanol–water partition coefficient (Wildman–Crippen LogP) is 4.25. The van der Waals surface area contributed by atoms with E-state index >= 15 is 0 Å². The van der Waals surface area contributed by atoms with Gasteiger partial charge in [-0.15, -0.1) is 0 Å². The van der Waals surface area contributed by atoms with Crippen LogP contribution >= 0.6 is 0 Å². The number of morpholine rings is 1. The van der Waals surface area contributed by atoms with Crippen LogP contribution in [0, 0.1) is 19.8 Å². The first-order valence-electron chi connectivity index (χ1n) is 10.5. The van der Waals surface area contributed by atoms with Crippen LogP contribution in [0.25, 0.3) is 11.1 Å². The number of benzene rings is 1. The van der Waals surface area contributed by atoms with Crippen LogP contribution in [0.5, 0.6) is 0 Å². The second-order valence-corrected chi connectivity index (χ2v) is 8.52. The number of nitrogens with one attached hydrogen (secondary N) is 1. The summed E-state index contributed by atoms with van der Waals surface area (Å²) in [5, 5.41) is 3.09. The van der Waals surface area contributed by atoms with Gasteiger partial charge in [-0.25, -0.2) is 0 Å². The highest BCUT2D eigenvalue weighted by atomic mass is 16.5. The van der Waals surface area contributed by atoms with E-state index in [1.165, 1.54) is 5.69 Å². The molecule has 0 bridgehead atoms. The summed E-state index contributed by atoms with van der Waals surface area (Å²) in [4.78, 5) is 19.1. The third-order valence-corrected chi connectivity index (χ3v) is 5.23. The topological polar surface area (TPSA) is 54.5 Å². The Morgan fingerprint density at radius 2 is 1.72 bits per heavy atom. The standard InChI is InChI=1S/C24H33N3O2/c1-15(2)24(28)25-12-22-11-20(21-9-16(3)26-17(4)10-21)7-8-23(22)27-13-18(5)29-19(6)14-27/h7-11,15,18-19H,12-14H2,1-6H3,(H,25,28)/t18-,19+. The average Bonchev–Trinajstić information content (AvgIpc) is 2.64. The van der Waals surface area contributed by atoms with Crippen molar-refractivity contribution in [1.82, 2.24) is 10.3 Å². The van der Waals surface area contributed by atoms with Crippen molar-refractivity contribution in [2.45, 2.75) is 60.3 Å². The van der Waals surface area contributed by atoms with Crippen molar-refractivity contribution < 1.29 is 9.53 Å². The zero-order chi connectivity index (χ0) is 21.1. The zero-order valence-electron chi connectivity index (χ0n) is 18.5. The van der Waals surface area contributed by atoms with Crippen LogP contribution in [0.4, 0.5) is 5.69 Å². The SMILES string of the molecule is Cc1cc(-c2ccc(N3C[C@@H](C)O[C@@H](C)C3)c(CNC(=O)C(C)C)c2)cc(C)n1. The largest absolute Gasteiger partial charge is 0.372 e. The molecule has 1 aromatic heterocycles. The summed E-state index contributed by atoms with van der Waals surface area (Å²) in [6.45, 7) is 14.3. The Kier molecular flexibility index (Phi) is 6.58. The Labute approximate surface area is 174 Å². The lowest BCUT2D eigenvalue weighted by Crippen LogP contribution is -2.46. The van der Waals surface area contributed by atoms with Crippen molar-refractivity contribution in [3.8, 4) is 11.1 Å². The van der Waals surface area contributed by atoms with Crippen molar-refractivity contribution in [2.24, 2.45) is 5.92 Å². The first-order chi connectivity index (χ1) is 13.7. The summed E-state index contributed by atoms with van der Waals surface area (Å²) in [6, 6.07) is 10.8. The molecule has 0 unspecified atom stereocenters. The second-order valence-electron chi connectivity index (χ2n) is 8.52. The first kappa shape index (κ1) is 21.3. The number of rotatable bonds is 5. The van der Waals surface area contributed by atoms with Gasteiger partial charge >= 0.3 is 0 Å². The zero-order valence-corrected chi connectivity index (χ0v) is 18.5. The molecule has 0 saturated carbocycles. The van der Waals surface area contributed by atoms with E-state index < -0.39 is 0 Å². The number of anilines is 1. The molecule has 2 heterocycles. The minimum atomic E-state index is -0.0319. The number of pyridine rings is 1. The molecule has 0 aliphatic carbocycles. The molecule has 0 radical (unpaired) electrons. The number of amides is 1. The number of nitrogens with zero attached hydrogens (tertiary/aromatic N) is 2. The predicted molar refractivity (Wildman–Crippen MR) is 118 cm³/mol. The molecular weight excluding hydrogens is 362 g/mol. The number of ether oxygens (including phenoxy) is 1. The molecule has 1 amide bonds. The maximum Gasteiger partial charge on any atom is 0.222 e. The van der Waals surface area contributed by atoms with Crippen LogP contribution in [0.1, 0.15) is 44.6 Å². The van der Waals surface area contributed by atoms with Gasteiger partial charge in [0.1, 0.15) is 0 Å². The molecule has 5 heteroatoms. The Bertz CT molecular complexity index is 848. The van der Waals surface area contributed by atoms with E-state index in [0.717, 1.165) is 41.2 Å². The third-order valence-electron chi connectivity index (χ3n) is 5.23. The lowest BCUT2D eigenvalue weighted by molar-refractivity contribution is -0.124. The molecule has 2 aromatic rings. The van der Waals surface area contributed by atoms with Crippen LogP contribution in [-0.2, 0) is 16.1 Å². The molecule has 0 spiro atoms. The molecule has 1 aromatic carbocycles. The van der Waals surface area contributed by atoms with Gasteiger partial charge in [-0.2, -0.15) is 0 Å². The molecule has 156 valence electrons. The molecule has 1 saturated heterocycles. The lowest BCUT2D eigenvalue weighted by Gasteiger charge is -2.38. The molecule has 3 rings (SSSR count). The van der Waals surface area contributed by atoms with Gasteiger partial charge in [0.05, 0.1) is 12.2 Å². The van der Waals surface area contributed by atoms with Crippen molar-refractivity contribution >= 4 is 11.6 Å². The maximum absolute atomic E-state index is 12.2. The summed E-state index contributed by atoms with van der Waals surface area (Å²) in [5.41, 5.74) is 6.61. The van der Waals surface area contributed by atoms with Crippen molar-refractivity contribution in [1.29, 1.82) is 0 Å². The lowest BCUT2D eigenvalue weighted by atomic mass is 9.99. The van der Waals surface area contributed by atoms with Crippen LogP contribution in [0.2, 0.25) is 0 Å². The Hall–Kier alpha value is -2.40. The summed E-state index contributed by atoms with van der Waals surface area (Å²) < 4.78 is 5.91. The fourth-order valence-corrected chi connectivity index (χ4v) is 3.98. The van der Waals surface area contributed by atoms with Gasteiger partial charge in [-0.1, -0.05) is 19.9 Å². The number of hydrogen-bond acceptors (Lipinski definition) is 4. The Balaban J connectivity index is 1.97. The van der Waals surface area contributed by atoms with Crippen LogP contribution in [-0.4, -0.2) is 36.2 Å². The second kappa shape index (κ2) is 8.95. The number of carbonyl (C=O) groups is 1. The van der Waals surface area contributed by atoms with E-state index in [0.29, 0.717) is 6.54 Å². The molecular formula is C24H33N3O2. The van der Waals surface area contributed by atoms with Gasteiger partial charge in [-0.3, -0.25) is 9.78 Å². The van der Waals surface area contributed by atoms with Gasteiger partial charge in [0, 0.05) is 42.6 Å². The van der Waals surface area contributed by atoms with E-state index in [1.807, 2.05) is 27.7 Å². The number of aromatic nitrogens is 1. The maximum atomic E-state index is 12.2. The molecule has 2 atom stereocenters. The fourth-order valence-electron chi connectivity index (χ4n) is 3.98. The summed E-state index contributed by atoms with van der Waals surface area (Å²) in [7, 11) is 0. The van der Waals surface area contributed by atoms with Gasteiger partial charge < -0.3 is 15.0 Å². The minimum absolute atomic E-state index is 0.0319. The molecule has 1 N–H and O–H groups in total. The molecule has 5 nitrogen and oxygen atoms in total. The highest BCUT2D eigenvalue weighted by Crippen LogP contribution is 2.30. The number of aryl methyl sites for hydroxylation is 2. The fraction of sp³-hybridized carbons (Fsp3) is 0.500. The van der Waals surface area contributed by atoms with E-state index in [4.69, 9.17) is 4.74 Å². The van der Waals surface area contributed by atoms with E-state index in [-0.39, 0.29) is 24.0 Å². The molecule has 1 aliphatic heterocycles. The number of hydrogen-bond donors (Lipinski definition) is 1. The van der Waals surface area contributed by atoms with Crippen molar-refractivity contribution in [2.75, 3.05) is 18.0 Å². The average molecular weight is 396 g/mol. The van der Waals surface area contributed by atoms with E-state index in [1.54, 1.807) is 0 Å². The monoisotopic (exact) mass is 395 g/mol. The smallest absolute Gasteiger partial charge is 0.222 e. The van der Waals surface area contributed by atoms with Gasteiger partial charge in [0.2, 0.25) is 5.91 Å². The third kappa shape index (κ3) is 5.36. The number of carbonyl (C=O) groups excluding carboxylic acids is 1. The molecule has 1 fully saturated rings. The highest BCUT2D eigenvalue weighted by molar-refractivity contribution is 5.78. The van der Waals surface area contributed by atoms with Crippen molar-refractivity contribution in [3.63, 3.8) is 0 Å². The van der Waals surface area contributed by atoms with Gasteiger partial charge in [0.25, 0.3) is 0 Å². The molecule has 29 heavy (non-hydrogen) atoms. The summed E-state index contributed by atoms with van der Waals surface area (Å²) in [5.74, 6) is 0.0382. The highest BCUT2D eigenvalue weighted by Gasteiger charge is 2.24. The van der Waals surface area contributed by atoms with E-state index in [9.17, 15) is 4.79 Å². The molecule has 1 aliphatic rings. The summed E-state index contributed by atoms with van der Waals surface area (Å²) >= 11 is 0. The minimum Gasteiger partial charge on any atom is -0.372 e. The Morgan fingerprint density at radius 3 is 2.31 bits per heavy atom. The van der Waals surface area contributed by atoms with E-state index in [2.05, 4.69) is 59.4 Å². The van der Waals surface area contributed by atoms with Crippen LogP contribution in [0.3, 0.4) is 0 Å². The summed E-state index contributed by atoms with van der Waals surface area (Å²) in [6.07, 6.45) is 0.365. The van der Waals surface area contributed by atoms with Crippen LogP contribution < -0.4 is 10.2 Å². The first-order valence-corrected chi connectivity index (χ1v) is 10.5. The van der Waals surface area contributed by atoms with Gasteiger partial charge in [0.15, 0.2) is 0 Å². The quantitative estimate of drug-likeness (QED) is 0.822. The van der Waals surface area contributed by atoms with Crippen LogP contribution in [0.15, 0.2) is 30.3 Å². The normalized spacial score (nSPS) is 19.5. The Morgan fingerprint density at radius 1 is 1.10 bits per heavy atom. The van der Waals surface area contributed by atoms with Gasteiger partial charge in [-0.05, 0) is 68.7 Å². The van der Waals surface area contributed by atoms with Crippen molar-refractivity contribution in [3.05, 3.63) is 47.3 Å².